The molecule has 2 unspecified atom stereocenters. The van der Waals surface area contributed by atoms with Gasteiger partial charge in [-0.15, -0.1) is 0 Å². The van der Waals surface area contributed by atoms with Gasteiger partial charge in [-0.3, -0.25) is 0 Å². The maximum atomic E-state index is 10.00. The molecule has 0 heterocycles. The zero-order chi connectivity index (χ0) is 9.03. The van der Waals surface area contributed by atoms with E-state index in [1.165, 1.54) is 6.42 Å². The molecule has 1 aliphatic rings. The van der Waals surface area contributed by atoms with Crippen molar-refractivity contribution in [3.63, 3.8) is 0 Å². The van der Waals surface area contributed by atoms with Crippen LogP contribution in [-0.4, -0.2) is 22.4 Å². The average Bonchev–Trinajstić information content (AvgIpc) is 2.05. The minimum absolute atomic E-state index is 0.268. The van der Waals surface area contributed by atoms with Crippen molar-refractivity contribution in [3.05, 3.63) is 0 Å². The van der Waals surface area contributed by atoms with Crippen molar-refractivity contribution in [3.8, 4) is 0 Å². The van der Waals surface area contributed by atoms with E-state index in [4.69, 9.17) is 5.11 Å². The molecule has 0 aromatic carbocycles. The van der Waals surface area contributed by atoms with Crippen LogP contribution in [-0.2, 0) is 0 Å². The van der Waals surface area contributed by atoms with Crippen molar-refractivity contribution >= 4 is 0 Å². The van der Waals surface area contributed by atoms with Crippen LogP contribution >= 0.6 is 0 Å². The maximum absolute atomic E-state index is 10.00. The topological polar surface area (TPSA) is 40.5 Å². The highest BCUT2D eigenvalue weighted by Crippen LogP contribution is 2.35. The van der Waals surface area contributed by atoms with Crippen molar-refractivity contribution in [1.82, 2.24) is 0 Å². The summed E-state index contributed by atoms with van der Waals surface area (Å²) < 4.78 is 0. The van der Waals surface area contributed by atoms with E-state index < -0.39 is 5.60 Å². The standard InChI is InChI=1S/C10H20O2/c1-2-10(12)6-3-4-9(8-10)5-7-11/h9,11-12H,2-8H2,1H3. The van der Waals surface area contributed by atoms with Gasteiger partial charge in [0.2, 0.25) is 0 Å². The summed E-state index contributed by atoms with van der Waals surface area (Å²) in [6.07, 6.45) is 5.87. The van der Waals surface area contributed by atoms with Gasteiger partial charge in [-0.2, -0.15) is 0 Å². The fraction of sp³-hybridized carbons (Fsp3) is 1.00. The zero-order valence-electron chi connectivity index (χ0n) is 7.92. The molecule has 2 N–H and O–H groups in total. The number of aliphatic hydroxyl groups is 2. The molecule has 1 aliphatic carbocycles. The normalized spacial score (nSPS) is 36.8. The molecular formula is C10H20O2. The Kier molecular flexibility index (Phi) is 3.53. The lowest BCUT2D eigenvalue weighted by Crippen LogP contribution is -2.34. The van der Waals surface area contributed by atoms with Crippen LogP contribution in [0.2, 0.25) is 0 Å². The highest BCUT2D eigenvalue weighted by molar-refractivity contribution is 4.84. The summed E-state index contributed by atoms with van der Waals surface area (Å²) in [5, 5.41) is 18.8. The SMILES string of the molecule is CCC1(O)CCCC(CCO)C1. The monoisotopic (exact) mass is 172 g/mol. The largest absolute Gasteiger partial charge is 0.396 e. The highest BCUT2D eigenvalue weighted by atomic mass is 16.3. The van der Waals surface area contributed by atoms with E-state index in [0.29, 0.717) is 5.92 Å². The quantitative estimate of drug-likeness (QED) is 0.680. The van der Waals surface area contributed by atoms with Gasteiger partial charge in [0.1, 0.15) is 0 Å². The Bertz CT molecular complexity index is 134. The minimum atomic E-state index is -0.419. The summed E-state index contributed by atoms with van der Waals surface area (Å²) in [6.45, 7) is 2.31. The predicted octanol–water partition coefficient (Wildman–Crippen LogP) is 1.70. The molecule has 2 atom stereocenters. The van der Waals surface area contributed by atoms with E-state index in [1.54, 1.807) is 0 Å². The summed E-state index contributed by atoms with van der Waals surface area (Å²) >= 11 is 0. The van der Waals surface area contributed by atoms with Crippen molar-refractivity contribution in [2.45, 2.75) is 51.0 Å². The number of hydrogen-bond acceptors (Lipinski definition) is 2. The Morgan fingerprint density at radius 3 is 2.83 bits per heavy atom. The molecule has 0 saturated heterocycles. The van der Waals surface area contributed by atoms with Crippen LogP contribution in [0.4, 0.5) is 0 Å². The lowest BCUT2D eigenvalue weighted by atomic mass is 9.76. The molecule has 72 valence electrons. The Labute approximate surface area is 74.6 Å². The van der Waals surface area contributed by atoms with Crippen molar-refractivity contribution < 1.29 is 10.2 Å². The molecule has 0 amide bonds. The second kappa shape index (κ2) is 4.24. The lowest BCUT2D eigenvalue weighted by molar-refractivity contribution is -0.0227. The summed E-state index contributed by atoms with van der Waals surface area (Å²) in [4.78, 5) is 0. The first-order chi connectivity index (χ1) is 5.70. The summed E-state index contributed by atoms with van der Waals surface area (Å²) in [5.41, 5.74) is -0.419. The van der Waals surface area contributed by atoms with Crippen LogP contribution in [0.5, 0.6) is 0 Å². The highest BCUT2D eigenvalue weighted by Gasteiger charge is 2.31. The van der Waals surface area contributed by atoms with Gasteiger partial charge in [0.25, 0.3) is 0 Å². The van der Waals surface area contributed by atoms with Gasteiger partial charge < -0.3 is 10.2 Å². The van der Waals surface area contributed by atoms with Gasteiger partial charge in [-0.1, -0.05) is 19.8 Å². The third-order valence-electron chi connectivity index (χ3n) is 3.12. The first kappa shape index (κ1) is 10.0. The number of aliphatic hydroxyl groups excluding tert-OH is 1. The maximum Gasteiger partial charge on any atom is 0.0647 e. The molecule has 1 saturated carbocycles. The van der Waals surface area contributed by atoms with Gasteiger partial charge in [-0.25, -0.2) is 0 Å². The van der Waals surface area contributed by atoms with Crippen LogP contribution < -0.4 is 0 Å². The van der Waals surface area contributed by atoms with Crippen LogP contribution in [0.25, 0.3) is 0 Å². The lowest BCUT2D eigenvalue weighted by Gasteiger charge is -2.36. The average molecular weight is 172 g/mol. The van der Waals surface area contributed by atoms with Crippen molar-refractivity contribution in [2.24, 2.45) is 5.92 Å². The minimum Gasteiger partial charge on any atom is -0.396 e. The molecule has 0 aliphatic heterocycles. The second-order valence-corrected chi connectivity index (χ2v) is 4.05. The van der Waals surface area contributed by atoms with E-state index in [1.807, 2.05) is 6.92 Å². The Hall–Kier alpha value is -0.0800. The first-order valence-electron chi connectivity index (χ1n) is 5.03. The molecule has 0 aromatic heterocycles. The third kappa shape index (κ3) is 2.46. The summed E-state index contributed by atoms with van der Waals surface area (Å²) in [5.74, 6) is 0.550. The van der Waals surface area contributed by atoms with Gasteiger partial charge in [0.05, 0.1) is 5.60 Å². The fourth-order valence-corrected chi connectivity index (χ4v) is 2.21. The summed E-state index contributed by atoms with van der Waals surface area (Å²) in [6, 6.07) is 0. The van der Waals surface area contributed by atoms with E-state index in [9.17, 15) is 5.11 Å². The molecular weight excluding hydrogens is 152 g/mol. The number of rotatable bonds is 3. The van der Waals surface area contributed by atoms with Gasteiger partial charge in [-0.05, 0) is 31.6 Å². The Morgan fingerprint density at radius 2 is 2.25 bits per heavy atom. The van der Waals surface area contributed by atoms with E-state index in [-0.39, 0.29) is 6.61 Å². The van der Waals surface area contributed by atoms with Gasteiger partial charge >= 0.3 is 0 Å². The molecule has 1 rings (SSSR count). The van der Waals surface area contributed by atoms with Crippen LogP contribution in [0.1, 0.15) is 45.4 Å². The molecule has 0 aromatic rings. The first-order valence-corrected chi connectivity index (χ1v) is 5.03. The van der Waals surface area contributed by atoms with E-state index in [0.717, 1.165) is 32.1 Å². The fourth-order valence-electron chi connectivity index (χ4n) is 2.21. The smallest absolute Gasteiger partial charge is 0.0647 e. The van der Waals surface area contributed by atoms with E-state index >= 15 is 0 Å². The van der Waals surface area contributed by atoms with Gasteiger partial charge in [0.15, 0.2) is 0 Å². The van der Waals surface area contributed by atoms with Crippen LogP contribution in [0, 0.1) is 5.92 Å². The Balaban J connectivity index is 2.39. The Morgan fingerprint density at radius 1 is 1.50 bits per heavy atom. The van der Waals surface area contributed by atoms with Crippen LogP contribution in [0.3, 0.4) is 0 Å². The zero-order valence-corrected chi connectivity index (χ0v) is 7.92. The molecule has 1 fully saturated rings. The second-order valence-electron chi connectivity index (χ2n) is 4.05. The molecule has 2 heteroatoms. The molecule has 12 heavy (non-hydrogen) atoms. The molecule has 0 spiro atoms. The summed E-state index contributed by atoms with van der Waals surface area (Å²) in [7, 11) is 0. The number of hydrogen-bond donors (Lipinski definition) is 2. The van der Waals surface area contributed by atoms with E-state index in [2.05, 4.69) is 0 Å². The van der Waals surface area contributed by atoms with Crippen molar-refractivity contribution in [1.29, 1.82) is 0 Å². The molecule has 0 radical (unpaired) electrons. The third-order valence-corrected chi connectivity index (χ3v) is 3.12. The van der Waals surface area contributed by atoms with Gasteiger partial charge in [0, 0.05) is 6.61 Å². The predicted molar refractivity (Wildman–Crippen MR) is 48.9 cm³/mol. The molecule has 0 bridgehead atoms. The van der Waals surface area contributed by atoms with Crippen molar-refractivity contribution in [2.75, 3.05) is 6.61 Å². The van der Waals surface area contributed by atoms with Crippen LogP contribution in [0.15, 0.2) is 0 Å². The molecule has 2 nitrogen and oxygen atoms in total.